The number of aromatic hydroxyl groups is 1. The highest BCUT2D eigenvalue weighted by Gasteiger charge is 2.12. The van der Waals surface area contributed by atoms with Crippen molar-refractivity contribution >= 4 is 5.97 Å². The lowest BCUT2D eigenvalue weighted by molar-refractivity contribution is -0.139. The first-order valence-electron chi connectivity index (χ1n) is 4.83. The lowest BCUT2D eigenvalue weighted by Gasteiger charge is -2.14. The van der Waals surface area contributed by atoms with Gasteiger partial charge in [-0.05, 0) is 13.0 Å². The first kappa shape index (κ1) is 12.4. The van der Waals surface area contributed by atoms with E-state index in [2.05, 4.69) is 10.1 Å². The summed E-state index contributed by atoms with van der Waals surface area (Å²) in [5.74, 6) is -1.03. The van der Waals surface area contributed by atoms with Crippen LogP contribution in [0.2, 0.25) is 0 Å². The Bertz CT molecular complexity index is 381. The summed E-state index contributed by atoms with van der Waals surface area (Å²) >= 11 is 0. The van der Waals surface area contributed by atoms with Crippen molar-refractivity contribution in [3.05, 3.63) is 29.6 Å². The molecule has 0 radical (unpaired) electrons. The molecule has 88 valence electrons. The van der Waals surface area contributed by atoms with Crippen molar-refractivity contribution in [2.24, 2.45) is 0 Å². The van der Waals surface area contributed by atoms with Gasteiger partial charge in [0, 0.05) is 17.7 Å². The molecule has 1 aromatic carbocycles. The summed E-state index contributed by atoms with van der Waals surface area (Å²) in [6.07, 6.45) is 0. The number of methoxy groups -OCH3 is 1. The van der Waals surface area contributed by atoms with Crippen LogP contribution in [-0.2, 0) is 9.53 Å². The SMILES string of the molecule is COC(=O)CNC(C)c1ccc(F)cc1O. The summed E-state index contributed by atoms with van der Waals surface area (Å²) in [7, 11) is 1.30. The molecule has 4 nitrogen and oxygen atoms in total. The number of nitrogens with one attached hydrogen (secondary N) is 1. The molecule has 5 heteroatoms. The fourth-order valence-corrected chi connectivity index (χ4v) is 1.30. The molecular weight excluding hydrogens is 213 g/mol. The van der Waals surface area contributed by atoms with Crippen LogP contribution in [0.25, 0.3) is 0 Å². The Balaban J connectivity index is 2.65. The van der Waals surface area contributed by atoms with Gasteiger partial charge in [-0.15, -0.1) is 0 Å². The van der Waals surface area contributed by atoms with E-state index in [1.54, 1.807) is 6.92 Å². The number of phenolic OH excluding ortho intramolecular Hbond substituents is 1. The van der Waals surface area contributed by atoms with E-state index in [4.69, 9.17) is 0 Å². The second-order valence-corrected chi connectivity index (χ2v) is 3.38. The molecule has 1 aromatic rings. The summed E-state index contributed by atoms with van der Waals surface area (Å²) in [6.45, 7) is 1.80. The molecule has 1 atom stereocenters. The first-order chi connectivity index (χ1) is 7.54. The Morgan fingerprint density at radius 1 is 1.62 bits per heavy atom. The van der Waals surface area contributed by atoms with Crippen LogP contribution in [0.5, 0.6) is 5.75 Å². The van der Waals surface area contributed by atoms with Crippen molar-refractivity contribution in [2.45, 2.75) is 13.0 Å². The van der Waals surface area contributed by atoms with Gasteiger partial charge >= 0.3 is 5.97 Å². The first-order valence-corrected chi connectivity index (χ1v) is 4.83. The minimum Gasteiger partial charge on any atom is -0.508 e. The Kier molecular flexibility index (Phi) is 4.25. The second-order valence-electron chi connectivity index (χ2n) is 3.38. The van der Waals surface area contributed by atoms with Gasteiger partial charge in [-0.25, -0.2) is 4.39 Å². The van der Waals surface area contributed by atoms with Crippen LogP contribution in [0.3, 0.4) is 0 Å². The number of carbonyl (C=O) groups is 1. The summed E-state index contributed by atoms with van der Waals surface area (Å²) in [4.78, 5) is 10.9. The maximum Gasteiger partial charge on any atom is 0.319 e. The standard InChI is InChI=1S/C11H14FNO3/c1-7(13-6-11(15)16-2)9-4-3-8(12)5-10(9)14/h3-5,7,13-14H,6H2,1-2H3. The molecule has 0 aliphatic carbocycles. The third-order valence-electron chi connectivity index (χ3n) is 2.24. The topological polar surface area (TPSA) is 58.6 Å². The predicted octanol–water partition coefficient (Wildman–Crippen LogP) is 1.35. The number of halogens is 1. The molecular formula is C11H14FNO3. The molecule has 0 bridgehead atoms. The quantitative estimate of drug-likeness (QED) is 0.762. The van der Waals surface area contributed by atoms with Crippen molar-refractivity contribution in [1.82, 2.24) is 5.32 Å². The number of hydrogen-bond donors (Lipinski definition) is 2. The van der Waals surface area contributed by atoms with Gasteiger partial charge in [0.1, 0.15) is 11.6 Å². The minimum absolute atomic E-state index is 0.0362. The molecule has 2 N–H and O–H groups in total. The van der Waals surface area contributed by atoms with E-state index in [-0.39, 0.29) is 18.3 Å². The summed E-state index contributed by atoms with van der Waals surface area (Å²) in [5, 5.41) is 12.3. The van der Waals surface area contributed by atoms with Crippen LogP contribution in [0.4, 0.5) is 4.39 Å². The van der Waals surface area contributed by atoms with E-state index in [1.807, 2.05) is 0 Å². The summed E-state index contributed by atoms with van der Waals surface area (Å²) < 4.78 is 17.2. The Labute approximate surface area is 93.0 Å². The zero-order valence-corrected chi connectivity index (χ0v) is 9.16. The Morgan fingerprint density at radius 2 is 2.31 bits per heavy atom. The fourth-order valence-electron chi connectivity index (χ4n) is 1.30. The summed E-state index contributed by atoms with van der Waals surface area (Å²) in [6, 6.07) is 3.50. The van der Waals surface area contributed by atoms with E-state index in [1.165, 1.54) is 19.2 Å². The van der Waals surface area contributed by atoms with Gasteiger partial charge < -0.3 is 15.2 Å². The third kappa shape index (κ3) is 3.20. The van der Waals surface area contributed by atoms with Crippen LogP contribution in [0.1, 0.15) is 18.5 Å². The van der Waals surface area contributed by atoms with Gasteiger partial charge in [-0.1, -0.05) is 6.07 Å². The number of hydrogen-bond acceptors (Lipinski definition) is 4. The van der Waals surface area contributed by atoms with Crippen molar-refractivity contribution in [1.29, 1.82) is 0 Å². The zero-order chi connectivity index (χ0) is 12.1. The molecule has 0 aliphatic heterocycles. The maximum atomic E-state index is 12.7. The van der Waals surface area contributed by atoms with E-state index in [9.17, 15) is 14.3 Å². The number of benzene rings is 1. The molecule has 0 aliphatic rings. The highest BCUT2D eigenvalue weighted by molar-refractivity contribution is 5.71. The molecule has 0 heterocycles. The maximum absolute atomic E-state index is 12.7. The van der Waals surface area contributed by atoms with E-state index in [0.29, 0.717) is 5.56 Å². The van der Waals surface area contributed by atoms with Crippen molar-refractivity contribution in [3.63, 3.8) is 0 Å². The molecule has 0 amide bonds. The van der Waals surface area contributed by atoms with Crippen LogP contribution >= 0.6 is 0 Å². The number of rotatable bonds is 4. The molecule has 0 saturated carbocycles. The smallest absolute Gasteiger partial charge is 0.319 e. The third-order valence-corrected chi connectivity index (χ3v) is 2.24. The van der Waals surface area contributed by atoms with Gasteiger partial charge in [0.2, 0.25) is 0 Å². The van der Waals surface area contributed by atoms with E-state index in [0.717, 1.165) is 6.07 Å². The average Bonchev–Trinajstić information content (AvgIpc) is 2.25. The van der Waals surface area contributed by atoms with E-state index >= 15 is 0 Å². The monoisotopic (exact) mass is 227 g/mol. The fraction of sp³-hybridized carbons (Fsp3) is 0.364. The van der Waals surface area contributed by atoms with Crippen LogP contribution < -0.4 is 5.32 Å². The number of ether oxygens (including phenoxy) is 1. The van der Waals surface area contributed by atoms with Gasteiger partial charge in [-0.2, -0.15) is 0 Å². The van der Waals surface area contributed by atoms with Gasteiger partial charge in [0.05, 0.1) is 13.7 Å². The number of carbonyl (C=O) groups excluding carboxylic acids is 1. The predicted molar refractivity (Wildman–Crippen MR) is 56.5 cm³/mol. The molecule has 0 spiro atoms. The largest absolute Gasteiger partial charge is 0.508 e. The highest BCUT2D eigenvalue weighted by Crippen LogP contribution is 2.24. The van der Waals surface area contributed by atoms with Crippen molar-refractivity contribution in [2.75, 3.05) is 13.7 Å². The average molecular weight is 227 g/mol. The van der Waals surface area contributed by atoms with Crippen molar-refractivity contribution < 1.29 is 19.0 Å². The molecule has 0 saturated heterocycles. The lowest BCUT2D eigenvalue weighted by atomic mass is 10.1. The van der Waals surface area contributed by atoms with E-state index < -0.39 is 11.8 Å². The van der Waals surface area contributed by atoms with Crippen LogP contribution in [-0.4, -0.2) is 24.7 Å². The number of phenols is 1. The normalized spacial score (nSPS) is 12.2. The summed E-state index contributed by atoms with van der Waals surface area (Å²) in [5.41, 5.74) is 0.533. The van der Waals surface area contributed by atoms with Gasteiger partial charge in [0.25, 0.3) is 0 Å². The van der Waals surface area contributed by atoms with Gasteiger partial charge in [-0.3, -0.25) is 4.79 Å². The molecule has 0 fully saturated rings. The highest BCUT2D eigenvalue weighted by atomic mass is 19.1. The van der Waals surface area contributed by atoms with Gasteiger partial charge in [0.15, 0.2) is 0 Å². The van der Waals surface area contributed by atoms with Crippen LogP contribution in [0.15, 0.2) is 18.2 Å². The zero-order valence-electron chi connectivity index (χ0n) is 9.16. The molecule has 1 rings (SSSR count). The lowest BCUT2D eigenvalue weighted by Crippen LogP contribution is -2.26. The molecule has 1 unspecified atom stereocenters. The Morgan fingerprint density at radius 3 is 2.88 bits per heavy atom. The Hall–Kier alpha value is -1.62. The molecule has 0 aromatic heterocycles. The number of esters is 1. The molecule has 16 heavy (non-hydrogen) atoms. The minimum atomic E-state index is -0.499. The van der Waals surface area contributed by atoms with Crippen LogP contribution in [0, 0.1) is 5.82 Å². The van der Waals surface area contributed by atoms with Crippen molar-refractivity contribution in [3.8, 4) is 5.75 Å². The second kappa shape index (κ2) is 5.46.